The lowest BCUT2D eigenvalue weighted by Gasteiger charge is -2.42. The number of rotatable bonds is 5. The van der Waals surface area contributed by atoms with Crippen LogP contribution in [0.1, 0.15) is 50.6 Å². The molecular weight excluding hydrogens is 391 g/mol. The number of ether oxygens (including phenoxy) is 1. The van der Waals surface area contributed by atoms with Crippen LogP contribution in [0.5, 0.6) is 5.75 Å². The van der Waals surface area contributed by atoms with Gasteiger partial charge in [0.2, 0.25) is 0 Å². The summed E-state index contributed by atoms with van der Waals surface area (Å²) in [5.74, 6) is 1.84. The van der Waals surface area contributed by atoms with Crippen molar-refractivity contribution in [2.75, 3.05) is 32.8 Å². The first kappa shape index (κ1) is 23.3. The van der Waals surface area contributed by atoms with Crippen molar-refractivity contribution in [3.05, 3.63) is 42.0 Å². The first-order chi connectivity index (χ1) is 12.9. The van der Waals surface area contributed by atoms with E-state index in [0.29, 0.717) is 6.04 Å². The Hall–Kier alpha value is -1.00. The maximum Gasteiger partial charge on any atom is 0.124 e. The summed E-state index contributed by atoms with van der Waals surface area (Å²) in [5.41, 5.74) is 1.44. The van der Waals surface area contributed by atoms with Crippen LogP contribution in [-0.4, -0.2) is 37.7 Å². The SMILES string of the molecule is CCOc1ccc2ccccc2c1[C@H](C1CCCCC1)N1CCNCC1.Cl.Cl. The minimum absolute atomic E-state index is 0. The molecule has 3 nitrogen and oxygen atoms in total. The lowest BCUT2D eigenvalue weighted by atomic mass is 9.78. The molecule has 5 heteroatoms. The molecule has 2 aromatic rings. The van der Waals surface area contributed by atoms with E-state index in [1.807, 2.05) is 0 Å². The lowest BCUT2D eigenvalue weighted by Crippen LogP contribution is -2.47. The highest BCUT2D eigenvalue weighted by Gasteiger charge is 2.34. The van der Waals surface area contributed by atoms with Gasteiger partial charge in [-0.05, 0) is 42.5 Å². The van der Waals surface area contributed by atoms with E-state index in [1.165, 1.54) is 48.4 Å². The van der Waals surface area contributed by atoms with Crippen LogP contribution in [0.2, 0.25) is 0 Å². The normalized spacial score (nSPS) is 19.5. The fraction of sp³-hybridized carbons (Fsp3) is 0.565. The molecule has 1 heterocycles. The largest absolute Gasteiger partial charge is 0.494 e. The van der Waals surface area contributed by atoms with Gasteiger partial charge in [0.15, 0.2) is 0 Å². The van der Waals surface area contributed by atoms with Crippen LogP contribution in [-0.2, 0) is 0 Å². The van der Waals surface area contributed by atoms with Crippen molar-refractivity contribution in [1.82, 2.24) is 10.2 Å². The molecule has 1 atom stereocenters. The molecule has 0 spiro atoms. The number of fused-ring (bicyclic) bond motifs is 1. The molecule has 1 N–H and O–H groups in total. The zero-order valence-corrected chi connectivity index (χ0v) is 18.5. The molecule has 2 fully saturated rings. The lowest BCUT2D eigenvalue weighted by molar-refractivity contribution is 0.102. The van der Waals surface area contributed by atoms with Crippen LogP contribution in [0.3, 0.4) is 0 Å². The number of halogens is 2. The van der Waals surface area contributed by atoms with Gasteiger partial charge < -0.3 is 10.1 Å². The Morgan fingerprint density at radius 2 is 1.71 bits per heavy atom. The Bertz CT molecular complexity index is 710. The number of hydrogen-bond donors (Lipinski definition) is 1. The summed E-state index contributed by atoms with van der Waals surface area (Å²) in [4.78, 5) is 2.73. The molecule has 1 aliphatic carbocycles. The Labute approximate surface area is 182 Å². The van der Waals surface area contributed by atoms with Crippen molar-refractivity contribution in [3.8, 4) is 5.75 Å². The van der Waals surface area contributed by atoms with Crippen molar-refractivity contribution in [1.29, 1.82) is 0 Å². The average molecular weight is 425 g/mol. The van der Waals surface area contributed by atoms with E-state index in [9.17, 15) is 0 Å². The van der Waals surface area contributed by atoms with Gasteiger partial charge in [0.25, 0.3) is 0 Å². The molecular formula is C23H34Cl2N2O. The minimum Gasteiger partial charge on any atom is -0.494 e. The first-order valence-electron chi connectivity index (χ1n) is 10.5. The summed E-state index contributed by atoms with van der Waals surface area (Å²) in [6.45, 7) is 7.28. The fourth-order valence-corrected chi connectivity index (χ4v) is 4.99. The van der Waals surface area contributed by atoms with Crippen LogP contribution in [0.4, 0.5) is 0 Å². The van der Waals surface area contributed by atoms with Crippen molar-refractivity contribution in [3.63, 3.8) is 0 Å². The van der Waals surface area contributed by atoms with Gasteiger partial charge in [-0.2, -0.15) is 0 Å². The van der Waals surface area contributed by atoms with E-state index in [0.717, 1.165) is 44.5 Å². The molecule has 0 unspecified atom stereocenters. The third-order valence-corrected chi connectivity index (χ3v) is 6.17. The average Bonchev–Trinajstić information content (AvgIpc) is 2.71. The number of piperazine rings is 1. The Morgan fingerprint density at radius 1 is 1.00 bits per heavy atom. The number of nitrogens with one attached hydrogen (secondary N) is 1. The van der Waals surface area contributed by atoms with Gasteiger partial charge in [-0.15, -0.1) is 24.8 Å². The summed E-state index contributed by atoms with van der Waals surface area (Å²) >= 11 is 0. The van der Waals surface area contributed by atoms with Crippen LogP contribution >= 0.6 is 24.8 Å². The molecule has 0 aromatic heterocycles. The molecule has 0 amide bonds. The molecule has 1 saturated heterocycles. The van der Waals surface area contributed by atoms with Crippen LogP contribution in [0.25, 0.3) is 10.8 Å². The van der Waals surface area contributed by atoms with Crippen LogP contribution in [0, 0.1) is 5.92 Å². The maximum atomic E-state index is 6.17. The third kappa shape index (κ3) is 4.94. The molecule has 1 saturated carbocycles. The van der Waals surface area contributed by atoms with Gasteiger partial charge in [0, 0.05) is 37.8 Å². The van der Waals surface area contributed by atoms with E-state index in [-0.39, 0.29) is 24.8 Å². The van der Waals surface area contributed by atoms with Crippen molar-refractivity contribution in [2.24, 2.45) is 5.92 Å². The Morgan fingerprint density at radius 3 is 2.43 bits per heavy atom. The summed E-state index contributed by atoms with van der Waals surface area (Å²) in [6.07, 6.45) is 6.86. The number of hydrogen-bond acceptors (Lipinski definition) is 3. The second kappa shape index (κ2) is 11.3. The maximum absolute atomic E-state index is 6.17. The predicted octanol–water partition coefficient (Wildman–Crippen LogP) is 5.61. The fourth-order valence-electron chi connectivity index (χ4n) is 4.99. The van der Waals surface area contributed by atoms with Crippen molar-refractivity contribution in [2.45, 2.75) is 45.1 Å². The van der Waals surface area contributed by atoms with Gasteiger partial charge in [-0.3, -0.25) is 4.90 Å². The molecule has 1 aliphatic heterocycles. The number of benzene rings is 2. The smallest absolute Gasteiger partial charge is 0.124 e. The van der Waals surface area contributed by atoms with E-state index in [2.05, 4.69) is 53.5 Å². The van der Waals surface area contributed by atoms with Crippen LogP contribution in [0.15, 0.2) is 36.4 Å². The summed E-state index contributed by atoms with van der Waals surface area (Å²) in [6, 6.07) is 13.8. The van der Waals surface area contributed by atoms with Crippen molar-refractivity contribution >= 4 is 35.6 Å². The Kier molecular flexibility index (Phi) is 9.36. The van der Waals surface area contributed by atoms with Crippen molar-refractivity contribution < 1.29 is 4.74 Å². The van der Waals surface area contributed by atoms with E-state index >= 15 is 0 Å². The van der Waals surface area contributed by atoms with E-state index < -0.39 is 0 Å². The molecule has 2 aliphatic rings. The highest BCUT2D eigenvalue weighted by atomic mass is 35.5. The summed E-state index contributed by atoms with van der Waals surface area (Å²) < 4.78 is 6.17. The first-order valence-corrected chi connectivity index (χ1v) is 10.5. The quantitative estimate of drug-likeness (QED) is 0.674. The monoisotopic (exact) mass is 424 g/mol. The molecule has 28 heavy (non-hydrogen) atoms. The van der Waals surface area contributed by atoms with Gasteiger partial charge >= 0.3 is 0 Å². The van der Waals surface area contributed by atoms with Gasteiger partial charge in [0.1, 0.15) is 5.75 Å². The third-order valence-electron chi connectivity index (χ3n) is 6.17. The number of nitrogens with zero attached hydrogens (tertiary/aromatic N) is 1. The molecule has 0 bridgehead atoms. The Balaban J connectivity index is 0.00000140. The second-order valence-electron chi connectivity index (χ2n) is 7.76. The highest BCUT2D eigenvalue weighted by Crippen LogP contribution is 2.44. The van der Waals surface area contributed by atoms with E-state index in [4.69, 9.17) is 4.74 Å². The second-order valence-corrected chi connectivity index (χ2v) is 7.76. The van der Waals surface area contributed by atoms with Gasteiger partial charge in [0.05, 0.1) is 6.61 Å². The van der Waals surface area contributed by atoms with Gasteiger partial charge in [-0.25, -0.2) is 0 Å². The molecule has 4 rings (SSSR count). The minimum atomic E-state index is 0. The zero-order valence-electron chi connectivity index (χ0n) is 16.9. The standard InChI is InChI=1S/C23H32N2O.2ClH/c1-2-26-21-13-12-18-8-6-7-11-20(18)22(21)23(19-9-4-3-5-10-19)25-16-14-24-15-17-25;;/h6-8,11-13,19,23-24H,2-5,9-10,14-17H2,1H3;2*1H/t23-;;/m0../s1. The molecule has 156 valence electrons. The summed E-state index contributed by atoms with van der Waals surface area (Å²) in [5, 5.41) is 6.25. The molecule has 0 radical (unpaired) electrons. The summed E-state index contributed by atoms with van der Waals surface area (Å²) in [7, 11) is 0. The van der Waals surface area contributed by atoms with E-state index in [1.54, 1.807) is 0 Å². The highest BCUT2D eigenvalue weighted by molar-refractivity contribution is 5.88. The molecule has 2 aromatic carbocycles. The van der Waals surface area contributed by atoms with Gasteiger partial charge in [-0.1, -0.05) is 49.6 Å². The topological polar surface area (TPSA) is 24.5 Å². The van der Waals surface area contributed by atoms with Crippen LogP contribution < -0.4 is 10.1 Å². The predicted molar refractivity (Wildman–Crippen MR) is 123 cm³/mol. The zero-order chi connectivity index (χ0) is 17.8.